The monoisotopic (exact) mass is 271 g/mol. The zero-order chi connectivity index (χ0) is 14.4. The average molecular weight is 271 g/mol. The number of aromatic nitrogens is 1. The molecule has 0 unspecified atom stereocenters. The predicted molar refractivity (Wildman–Crippen MR) is 76.4 cm³/mol. The molecule has 1 aromatic heterocycles. The fourth-order valence-corrected chi connectivity index (χ4v) is 1.80. The van der Waals surface area contributed by atoms with Crippen LogP contribution in [0.4, 0.5) is 0 Å². The van der Waals surface area contributed by atoms with Gasteiger partial charge in [0.2, 0.25) is 5.88 Å². The number of nitrogens with zero attached hydrogens (tertiary/aromatic N) is 1. The number of carbonyl (C=O) groups is 1. The van der Waals surface area contributed by atoms with Crippen molar-refractivity contribution >= 4 is 5.78 Å². The number of hydrogen-bond acceptors (Lipinski definition) is 4. The first-order chi connectivity index (χ1) is 9.76. The van der Waals surface area contributed by atoms with Crippen LogP contribution in [0.2, 0.25) is 0 Å². The van der Waals surface area contributed by atoms with E-state index in [1.165, 1.54) is 7.11 Å². The van der Waals surface area contributed by atoms with E-state index in [4.69, 9.17) is 9.47 Å². The second-order valence-corrected chi connectivity index (χ2v) is 4.26. The molecule has 0 aliphatic heterocycles. The van der Waals surface area contributed by atoms with Gasteiger partial charge in [0.05, 0.1) is 19.3 Å². The van der Waals surface area contributed by atoms with Gasteiger partial charge in [0.15, 0.2) is 5.78 Å². The van der Waals surface area contributed by atoms with E-state index >= 15 is 0 Å². The summed E-state index contributed by atoms with van der Waals surface area (Å²) >= 11 is 0. The lowest BCUT2D eigenvalue weighted by Gasteiger charge is -2.07. The van der Waals surface area contributed by atoms with Crippen LogP contribution in [0, 0.1) is 0 Å². The molecule has 20 heavy (non-hydrogen) atoms. The van der Waals surface area contributed by atoms with Crippen LogP contribution in [-0.2, 0) is 0 Å². The van der Waals surface area contributed by atoms with Gasteiger partial charge in [-0.05, 0) is 42.8 Å². The van der Waals surface area contributed by atoms with Crippen LogP contribution in [-0.4, -0.2) is 24.5 Å². The van der Waals surface area contributed by atoms with Crippen molar-refractivity contribution in [3.05, 3.63) is 53.7 Å². The van der Waals surface area contributed by atoms with E-state index in [9.17, 15) is 4.79 Å². The third-order valence-corrected chi connectivity index (χ3v) is 2.80. The van der Waals surface area contributed by atoms with Gasteiger partial charge in [-0.1, -0.05) is 6.92 Å². The lowest BCUT2D eigenvalue weighted by molar-refractivity contribution is 0.103. The first kappa shape index (κ1) is 14.1. The highest BCUT2D eigenvalue weighted by Crippen LogP contribution is 2.20. The van der Waals surface area contributed by atoms with Gasteiger partial charge in [-0.15, -0.1) is 0 Å². The summed E-state index contributed by atoms with van der Waals surface area (Å²) in [7, 11) is 1.50. The number of methoxy groups -OCH3 is 1. The van der Waals surface area contributed by atoms with Crippen molar-refractivity contribution in [3.8, 4) is 11.6 Å². The number of ketones is 1. The molecule has 0 aliphatic carbocycles. The second kappa shape index (κ2) is 6.70. The third kappa shape index (κ3) is 3.15. The Hall–Kier alpha value is -2.36. The molecule has 1 heterocycles. The van der Waals surface area contributed by atoms with Crippen molar-refractivity contribution in [3.63, 3.8) is 0 Å². The summed E-state index contributed by atoms with van der Waals surface area (Å²) in [5, 5.41) is 0. The Kier molecular flexibility index (Phi) is 4.71. The molecular formula is C16H17NO3. The zero-order valence-electron chi connectivity index (χ0n) is 11.6. The van der Waals surface area contributed by atoms with E-state index in [-0.39, 0.29) is 5.78 Å². The highest BCUT2D eigenvalue weighted by Gasteiger charge is 2.14. The van der Waals surface area contributed by atoms with Crippen molar-refractivity contribution in [1.29, 1.82) is 0 Å². The number of benzene rings is 1. The van der Waals surface area contributed by atoms with Crippen LogP contribution >= 0.6 is 0 Å². The zero-order valence-corrected chi connectivity index (χ0v) is 11.6. The number of pyridine rings is 1. The summed E-state index contributed by atoms with van der Waals surface area (Å²) in [6.45, 7) is 2.72. The Morgan fingerprint density at radius 1 is 1.20 bits per heavy atom. The summed E-state index contributed by atoms with van der Waals surface area (Å²) in [5.74, 6) is 0.988. The quantitative estimate of drug-likeness (QED) is 0.757. The Labute approximate surface area is 118 Å². The van der Waals surface area contributed by atoms with Gasteiger partial charge in [0, 0.05) is 11.8 Å². The molecule has 0 saturated carbocycles. The van der Waals surface area contributed by atoms with Crippen molar-refractivity contribution in [1.82, 2.24) is 4.98 Å². The summed E-state index contributed by atoms with van der Waals surface area (Å²) in [5.41, 5.74) is 1.04. The lowest BCUT2D eigenvalue weighted by atomic mass is 10.0. The van der Waals surface area contributed by atoms with Gasteiger partial charge in [-0.3, -0.25) is 4.79 Å². The number of ether oxygens (including phenoxy) is 2. The summed E-state index contributed by atoms with van der Waals surface area (Å²) in [4.78, 5) is 16.4. The van der Waals surface area contributed by atoms with Gasteiger partial charge in [0.1, 0.15) is 5.75 Å². The predicted octanol–water partition coefficient (Wildman–Crippen LogP) is 3.11. The molecular weight excluding hydrogens is 254 g/mol. The number of carbonyl (C=O) groups excluding carboxylic acids is 1. The van der Waals surface area contributed by atoms with Gasteiger partial charge in [-0.2, -0.15) is 0 Å². The van der Waals surface area contributed by atoms with Crippen molar-refractivity contribution < 1.29 is 14.3 Å². The van der Waals surface area contributed by atoms with Gasteiger partial charge < -0.3 is 9.47 Å². The minimum Gasteiger partial charge on any atom is -0.494 e. The number of rotatable bonds is 6. The van der Waals surface area contributed by atoms with Gasteiger partial charge in [-0.25, -0.2) is 4.98 Å². The molecule has 4 nitrogen and oxygen atoms in total. The Morgan fingerprint density at radius 3 is 2.60 bits per heavy atom. The minimum atomic E-state index is -0.114. The van der Waals surface area contributed by atoms with Crippen LogP contribution in [0.1, 0.15) is 29.3 Å². The average Bonchev–Trinajstić information content (AvgIpc) is 2.52. The van der Waals surface area contributed by atoms with E-state index in [0.717, 1.165) is 12.2 Å². The van der Waals surface area contributed by atoms with Crippen LogP contribution in [0.25, 0.3) is 0 Å². The minimum absolute atomic E-state index is 0.114. The third-order valence-electron chi connectivity index (χ3n) is 2.80. The molecule has 0 amide bonds. The van der Waals surface area contributed by atoms with Crippen LogP contribution in [0.5, 0.6) is 11.6 Å². The first-order valence-corrected chi connectivity index (χ1v) is 6.52. The molecule has 0 fully saturated rings. The van der Waals surface area contributed by atoms with Crippen LogP contribution in [0.15, 0.2) is 42.6 Å². The molecule has 4 heteroatoms. The van der Waals surface area contributed by atoms with E-state index in [0.29, 0.717) is 23.6 Å². The van der Waals surface area contributed by atoms with Crippen LogP contribution < -0.4 is 9.47 Å². The molecule has 0 atom stereocenters. The molecule has 104 valence electrons. The molecule has 2 aromatic rings. The highest BCUT2D eigenvalue weighted by molar-refractivity contribution is 6.10. The SMILES string of the molecule is CCCOc1ccc(C(=O)c2cccnc2OC)cc1. The topological polar surface area (TPSA) is 48.4 Å². The van der Waals surface area contributed by atoms with E-state index in [1.807, 2.05) is 6.92 Å². The maximum Gasteiger partial charge on any atom is 0.224 e. The van der Waals surface area contributed by atoms with Crippen molar-refractivity contribution in [2.45, 2.75) is 13.3 Å². The normalized spacial score (nSPS) is 10.1. The fraction of sp³-hybridized carbons (Fsp3) is 0.250. The molecule has 0 aliphatic rings. The maximum absolute atomic E-state index is 12.4. The largest absolute Gasteiger partial charge is 0.494 e. The molecule has 0 saturated heterocycles. The standard InChI is InChI=1S/C16H17NO3/c1-3-11-20-13-8-6-12(7-9-13)15(18)14-5-4-10-17-16(14)19-2/h4-10H,3,11H2,1-2H3. The van der Waals surface area contributed by atoms with Gasteiger partial charge >= 0.3 is 0 Å². The van der Waals surface area contributed by atoms with E-state index in [2.05, 4.69) is 4.98 Å². The van der Waals surface area contributed by atoms with Crippen LogP contribution in [0.3, 0.4) is 0 Å². The second-order valence-electron chi connectivity index (χ2n) is 4.26. The molecule has 0 bridgehead atoms. The molecule has 0 spiro atoms. The maximum atomic E-state index is 12.4. The summed E-state index contributed by atoms with van der Waals surface area (Å²) in [6, 6.07) is 10.5. The highest BCUT2D eigenvalue weighted by atomic mass is 16.5. The Morgan fingerprint density at radius 2 is 1.95 bits per heavy atom. The Balaban J connectivity index is 2.20. The molecule has 0 N–H and O–H groups in total. The molecule has 2 rings (SSSR count). The smallest absolute Gasteiger partial charge is 0.224 e. The Bertz CT molecular complexity index is 579. The van der Waals surface area contributed by atoms with E-state index in [1.54, 1.807) is 42.6 Å². The molecule has 0 radical (unpaired) electrons. The number of hydrogen-bond donors (Lipinski definition) is 0. The van der Waals surface area contributed by atoms with Crippen molar-refractivity contribution in [2.24, 2.45) is 0 Å². The fourth-order valence-electron chi connectivity index (χ4n) is 1.80. The molecule has 1 aromatic carbocycles. The lowest BCUT2D eigenvalue weighted by Crippen LogP contribution is -2.05. The summed E-state index contributed by atoms with van der Waals surface area (Å²) in [6.07, 6.45) is 2.55. The van der Waals surface area contributed by atoms with E-state index < -0.39 is 0 Å². The summed E-state index contributed by atoms with van der Waals surface area (Å²) < 4.78 is 10.6. The van der Waals surface area contributed by atoms with Gasteiger partial charge in [0.25, 0.3) is 0 Å². The van der Waals surface area contributed by atoms with Crippen molar-refractivity contribution in [2.75, 3.05) is 13.7 Å². The first-order valence-electron chi connectivity index (χ1n) is 6.52.